The largest absolute Gasteiger partial charge is 0.481 e. The minimum Gasteiger partial charge on any atom is -0.481 e. The molecule has 0 saturated carbocycles. The van der Waals surface area contributed by atoms with Gasteiger partial charge in [0.1, 0.15) is 0 Å². The molecule has 9 heteroatoms. The highest BCUT2D eigenvalue weighted by atomic mass is 16.4. The lowest BCUT2D eigenvalue weighted by Gasteiger charge is -2.10. The first kappa shape index (κ1) is 14.6. The van der Waals surface area contributed by atoms with Gasteiger partial charge in [-0.2, -0.15) is 0 Å². The van der Waals surface area contributed by atoms with Crippen LogP contribution < -0.4 is 11.3 Å². The van der Waals surface area contributed by atoms with Gasteiger partial charge in [-0.15, -0.1) is 0 Å². The van der Waals surface area contributed by atoms with E-state index >= 15 is 0 Å². The summed E-state index contributed by atoms with van der Waals surface area (Å²) < 4.78 is 0. The van der Waals surface area contributed by atoms with Crippen molar-refractivity contribution in [1.29, 1.82) is 0 Å². The predicted octanol–water partition coefficient (Wildman–Crippen LogP) is -1.84. The summed E-state index contributed by atoms with van der Waals surface area (Å²) in [6, 6.07) is 0. The highest BCUT2D eigenvalue weighted by Crippen LogP contribution is 2.16. The van der Waals surface area contributed by atoms with Crippen molar-refractivity contribution in [3.63, 3.8) is 0 Å². The lowest BCUT2D eigenvalue weighted by Crippen LogP contribution is -2.31. The van der Waals surface area contributed by atoms with E-state index in [9.17, 15) is 19.2 Å². The van der Waals surface area contributed by atoms with Crippen LogP contribution in [0.3, 0.4) is 0 Å². The monoisotopic (exact) mass is 246 g/mol. The molecule has 0 aromatic carbocycles. The zero-order valence-electron chi connectivity index (χ0n) is 8.41. The summed E-state index contributed by atoms with van der Waals surface area (Å²) in [7, 11) is 0. The predicted molar refractivity (Wildman–Crippen MR) is 51.4 cm³/mol. The number of carboxylic acid groups (broad SMARTS) is 3. The Labute approximate surface area is 94.5 Å². The number of aliphatic carboxylic acids is 3. The van der Waals surface area contributed by atoms with E-state index in [1.54, 1.807) is 5.43 Å². The maximum absolute atomic E-state index is 10.8. The third kappa shape index (κ3) is 4.75. The zero-order chi connectivity index (χ0) is 13.6. The number of carbonyl (C=O) groups is 4. The van der Waals surface area contributed by atoms with E-state index in [2.05, 4.69) is 0 Å². The molecule has 0 aromatic rings. The Morgan fingerprint density at radius 2 is 1.71 bits per heavy atom. The molecule has 0 radical (unpaired) electrons. The third-order valence-electron chi connectivity index (χ3n) is 1.73. The van der Waals surface area contributed by atoms with Crippen LogP contribution in [0, 0.1) is 5.92 Å². The topological polar surface area (TPSA) is 167 Å². The van der Waals surface area contributed by atoms with Gasteiger partial charge >= 0.3 is 17.9 Å². The van der Waals surface area contributed by atoms with Gasteiger partial charge in [0.2, 0.25) is 0 Å². The second kappa shape index (κ2) is 6.23. The van der Waals surface area contributed by atoms with Gasteiger partial charge in [0.15, 0.2) is 0 Å². The molecular formula is C8H10N2O7. The number of nitrogens with one attached hydrogen (secondary N) is 1. The van der Waals surface area contributed by atoms with Gasteiger partial charge in [-0.3, -0.25) is 19.8 Å². The van der Waals surface area contributed by atoms with Crippen molar-refractivity contribution in [2.75, 3.05) is 0 Å². The minimum absolute atomic E-state index is 0.435. The second-order valence-electron chi connectivity index (χ2n) is 2.90. The van der Waals surface area contributed by atoms with E-state index in [0.717, 1.165) is 0 Å². The Bertz CT molecular complexity index is 387. The first-order valence-electron chi connectivity index (χ1n) is 4.19. The lowest BCUT2D eigenvalue weighted by molar-refractivity contribution is -0.148. The molecule has 9 nitrogen and oxygen atoms in total. The van der Waals surface area contributed by atoms with E-state index in [1.165, 1.54) is 0 Å². The smallest absolute Gasteiger partial charge is 0.332 e. The third-order valence-corrected chi connectivity index (χ3v) is 1.73. The van der Waals surface area contributed by atoms with Gasteiger partial charge in [0.25, 0.3) is 5.91 Å². The summed E-state index contributed by atoms with van der Waals surface area (Å²) in [6.07, 6.45) is -0.518. The fourth-order valence-electron chi connectivity index (χ4n) is 0.999. The number of hydrogen-bond acceptors (Lipinski definition) is 5. The summed E-state index contributed by atoms with van der Waals surface area (Å²) in [4.78, 5) is 42.7. The minimum atomic E-state index is -1.83. The van der Waals surface area contributed by atoms with Crippen molar-refractivity contribution >= 4 is 23.8 Å². The molecule has 0 saturated heterocycles. The number of hydrazine groups is 1. The molecule has 0 heterocycles. The molecule has 0 aliphatic carbocycles. The maximum Gasteiger partial charge on any atom is 0.332 e. The van der Waals surface area contributed by atoms with E-state index in [4.69, 9.17) is 21.2 Å². The molecule has 0 fully saturated rings. The molecule has 0 bridgehead atoms. The Balaban J connectivity index is 5.31. The van der Waals surface area contributed by atoms with Crippen LogP contribution in [0.1, 0.15) is 6.42 Å². The first-order valence-corrected chi connectivity index (χ1v) is 4.19. The Kier molecular flexibility index (Phi) is 5.34. The second-order valence-corrected chi connectivity index (χ2v) is 2.90. The summed E-state index contributed by atoms with van der Waals surface area (Å²) in [5, 5.41) is 25.8. The van der Waals surface area contributed by atoms with Crippen LogP contribution in [0.2, 0.25) is 0 Å². The Hall–Kier alpha value is -2.42. The van der Waals surface area contributed by atoms with Gasteiger partial charge in [-0.05, 0) is 0 Å². The molecule has 1 atom stereocenters. The molecule has 0 spiro atoms. The average Bonchev–Trinajstić information content (AvgIpc) is 2.21. The van der Waals surface area contributed by atoms with Crippen LogP contribution in [0.5, 0.6) is 0 Å². The Morgan fingerprint density at radius 3 is 2.00 bits per heavy atom. The van der Waals surface area contributed by atoms with Crippen molar-refractivity contribution in [2.45, 2.75) is 6.42 Å². The normalized spacial score (nSPS) is 12.6. The highest BCUT2D eigenvalue weighted by Gasteiger charge is 2.30. The summed E-state index contributed by atoms with van der Waals surface area (Å²) in [6.45, 7) is 0. The number of hydrogen-bond donors (Lipinski definition) is 5. The number of carboxylic acids is 3. The van der Waals surface area contributed by atoms with Crippen LogP contribution in [0.15, 0.2) is 11.6 Å². The molecule has 17 heavy (non-hydrogen) atoms. The van der Waals surface area contributed by atoms with Crippen molar-refractivity contribution in [3.8, 4) is 0 Å². The fourth-order valence-corrected chi connectivity index (χ4v) is 0.999. The van der Waals surface area contributed by atoms with E-state index in [0.29, 0.717) is 6.08 Å². The zero-order valence-corrected chi connectivity index (χ0v) is 8.41. The van der Waals surface area contributed by atoms with E-state index in [-0.39, 0.29) is 0 Å². The van der Waals surface area contributed by atoms with Crippen molar-refractivity contribution in [1.82, 2.24) is 5.43 Å². The average molecular weight is 246 g/mol. The Morgan fingerprint density at radius 1 is 1.18 bits per heavy atom. The van der Waals surface area contributed by atoms with Crippen LogP contribution >= 0.6 is 0 Å². The molecule has 94 valence electrons. The molecule has 0 aliphatic rings. The van der Waals surface area contributed by atoms with Gasteiger partial charge in [-0.25, -0.2) is 10.6 Å². The molecule has 1 amide bonds. The van der Waals surface area contributed by atoms with Gasteiger partial charge < -0.3 is 15.3 Å². The number of rotatable bonds is 6. The summed E-state index contributed by atoms with van der Waals surface area (Å²) >= 11 is 0. The van der Waals surface area contributed by atoms with Gasteiger partial charge in [-0.1, -0.05) is 0 Å². The quantitative estimate of drug-likeness (QED) is 0.158. The summed E-state index contributed by atoms with van der Waals surface area (Å²) in [5.41, 5.74) is 0.720. The summed E-state index contributed by atoms with van der Waals surface area (Å²) in [5.74, 6) is -3.05. The molecule has 0 aliphatic heterocycles. The van der Waals surface area contributed by atoms with Crippen LogP contribution in [-0.4, -0.2) is 39.1 Å². The molecule has 1 unspecified atom stereocenters. The van der Waals surface area contributed by atoms with Gasteiger partial charge in [0, 0.05) is 6.08 Å². The van der Waals surface area contributed by atoms with Crippen LogP contribution in [0.4, 0.5) is 0 Å². The maximum atomic E-state index is 10.8. The van der Waals surface area contributed by atoms with E-state index in [1.807, 2.05) is 0 Å². The van der Waals surface area contributed by atoms with E-state index < -0.39 is 41.7 Å². The standard InChI is InChI=1S/C8H10N2O7/c9-10-5(11)1-3(7(14)15)4(8(16)17)2-6(12)13/h1,4H,2,9H2,(H,10,11)(H,12,13)(H,14,15)(H,16,17). The number of amides is 1. The van der Waals surface area contributed by atoms with Crippen molar-refractivity contribution in [2.24, 2.45) is 11.8 Å². The highest BCUT2D eigenvalue weighted by molar-refractivity contribution is 6.02. The van der Waals surface area contributed by atoms with Gasteiger partial charge in [0.05, 0.1) is 17.9 Å². The van der Waals surface area contributed by atoms with Crippen molar-refractivity contribution < 1.29 is 34.5 Å². The lowest BCUT2D eigenvalue weighted by atomic mass is 9.95. The molecule has 0 rings (SSSR count). The fraction of sp³-hybridized carbons (Fsp3) is 0.250. The van der Waals surface area contributed by atoms with Crippen LogP contribution in [-0.2, 0) is 19.2 Å². The molecular weight excluding hydrogens is 236 g/mol. The SMILES string of the molecule is NNC(=O)C=C(C(=O)O)C(CC(=O)O)C(=O)O. The number of nitrogens with two attached hydrogens (primary N) is 1. The first-order chi connectivity index (χ1) is 7.79. The number of carbonyl (C=O) groups excluding carboxylic acids is 1. The van der Waals surface area contributed by atoms with Crippen LogP contribution in [0.25, 0.3) is 0 Å². The van der Waals surface area contributed by atoms with Crippen molar-refractivity contribution in [3.05, 3.63) is 11.6 Å². The molecule has 0 aromatic heterocycles. The molecule has 6 N–H and O–H groups in total.